The molecule has 0 bridgehead atoms. The zero-order valence-corrected chi connectivity index (χ0v) is 16.1. The minimum Gasteiger partial charge on any atom is -0.497 e. The summed E-state index contributed by atoms with van der Waals surface area (Å²) >= 11 is 0. The molecular weight excluding hydrogens is 366 g/mol. The van der Waals surface area contributed by atoms with Crippen LogP contribution in [0, 0.1) is 0 Å². The molecule has 1 N–H and O–H groups in total. The van der Waals surface area contributed by atoms with Crippen LogP contribution in [0.1, 0.15) is 19.8 Å². The summed E-state index contributed by atoms with van der Waals surface area (Å²) in [5.74, 6) is -0.675. The second kappa shape index (κ2) is 10.3. The highest BCUT2D eigenvalue weighted by molar-refractivity contribution is 5.93. The lowest BCUT2D eigenvalue weighted by atomic mass is 10.2. The van der Waals surface area contributed by atoms with E-state index in [1.807, 2.05) is 0 Å². The molecule has 0 atom stereocenters. The molecular formula is C19H25N3O6. The quantitative estimate of drug-likeness (QED) is 0.684. The summed E-state index contributed by atoms with van der Waals surface area (Å²) < 4.78 is 9.98. The molecule has 1 saturated heterocycles. The van der Waals surface area contributed by atoms with Gasteiger partial charge < -0.3 is 24.6 Å². The van der Waals surface area contributed by atoms with E-state index >= 15 is 0 Å². The number of amides is 3. The van der Waals surface area contributed by atoms with Crippen molar-refractivity contribution in [1.82, 2.24) is 9.80 Å². The normalized spacial score (nSPS) is 13.6. The number of nitrogens with zero attached hydrogens (tertiary/aromatic N) is 2. The minimum absolute atomic E-state index is 0.0103. The monoisotopic (exact) mass is 391 g/mol. The van der Waals surface area contributed by atoms with Crippen LogP contribution in [0.4, 0.5) is 5.69 Å². The number of esters is 1. The van der Waals surface area contributed by atoms with Gasteiger partial charge in [-0.1, -0.05) is 6.07 Å². The highest BCUT2D eigenvalue weighted by Crippen LogP contribution is 2.16. The molecule has 3 amide bonds. The van der Waals surface area contributed by atoms with Gasteiger partial charge in [0, 0.05) is 51.3 Å². The van der Waals surface area contributed by atoms with Crippen molar-refractivity contribution >= 4 is 29.4 Å². The first-order chi connectivity index (χ1) is 13.4. The van der Waals surface area contributed by atoms with E-state index < -0.39 is 18.5 Å². The van der Waals surface area contributed by atoms with Crippen LogP contribution in [0.3, 0.4) is 0 Å². The maximum absolute atomic E-state index is 12.1. The summed E-state index contributed by atoms with van der Waals surface area (Å²) in [6.45, 7) is 2.97. The minimum atomic E-state index is -0.614. The number of piperazine rings is 1. The Kier molecular flexibility index (Phi) is 7.79. The highest BCUT2D eigenvalue weighted by atomic mass is 16.5. The summed E-state index contributed by atoms with van der Waals surface area (Å²) in [5.41, 5.74) is 0.528. The van der Waals surface area contributed by atoms with E-state index in [4.69, 9.17) is 9.47 Å². The number of carbonyl (C=O) groups excluding carboxylic acids is 4. The molecule has 1 heterocycles. The molecule has 9 heteroatoms. The molecule has 28 heavy (non-hydrogen) atoms. The van der Waals surface area contributed by atoms with Gasteiger partial charge in [-0.25, -0.2) is 0 Å². The smallest absolute Gasteiger partial charge is 0.306 e. The van der Waals surface area contributed by atoms with Gasteiger partial charge >= 0.3 is 5.97 Å². The van der Waals surface area contributed by atoms with Crippen LogP contribution >= 0.6 is 0 Å². The number of hydrogen-bond donors (Lipinski definition) is 1. The van der Waals surface area contributed by atoms with Crippen LogP contribution in [0.15, 0.2) is 24.3 Å². The molecule has 1 aromatic carbocycles. The van der Waals surface area contributed by atoms with Gasteiger partial charge in [0.25, 0.3) is 5.91 Å². The van der Waals surface area contributed by atoms with Gasteiger partial charge in [-0.2, -0.15) is 0 Å². The van der Waals surface area contributed by atoms with E-state index in [2.05, 4.69) is 5.32 Å². The first kappa shape index (κ1) is 21.2. The Bertz CT molecular complexity index is 728. The standard InChI is InChI=1S/C19H25N3O6/c1-14(23)21-8-10-22(11-9-21)18(25)6-7-19(26)28-13-17(24)20-15-4-3-5-16(12-15)27-2/h3-5,12H,6-11,13H2,1-2H3,(H,20,24). The van der Waals surface area contributed by atoms with E-state index in [-0.39, 0.29) is 24.7 Å². The van der Waals surface area contributed by atoms with Crippen LogP contribution in [-0.2, 0) is 23.9 Å². The number of carbonyl (C=O) groups is 4. The summed E-state index contributed by atoms with van der Waals surface area (Å²) in [5, 5.41) is 2.60. The van der Waals surface area contributed by atoms with Gasteiger partial charge in [-0.15, -0.1) is 0 Å². The lowest BCUT2D eigenvalue weighted by molar-refractivity contribution is -0.149. The first-order valence-corrected chi connectivity index (χ1v) is 9.02. The van der Waals surface area contributed by atoms with Crippen molar-refractivity contribution in [3.05, 3.63) is 24.3 Å². The molecule has 0 unspecified atom stereocenters. The average Bonchev–Trinajstić information content (AvgIpc) is 2.70. The summed E-state index contributed by atoms with van der Waals surface area (Å²) in [6.07, 6.45) is -0.0887. The number of rotatable bonds is 7. The number of methoxy groups -OCH3 is 1. The van der Waals surface area contributed by atoms with Crippen LogP contribution in [-0.4, -0.2) is 73.4 Å². The maximum Gasteiger partial charge on any atom is 0.306 e. The molecule has 0 aromatic heterocycles. The third-order valence-corrected chi connectivity index (χ3v) is 4.34. The topological polar surface area (TPSA) is 105 Å². The Balaban J connectivity index is 1.66. The predicted octanol–water partition coefficient (Wildman–Crippen LogP) is 0.648. The van der Waals surface area contributed by atoms with E-state index in [1.54, 1.807) is 34.1 Å². The Morgan fingerprint density at radius 1 is 1.04 bits per heavy atom. The first-order valence-electron chi connectivity index (χ1n) is 9.02. The van der Waals surface area contributed by atoms with Gasteiger partial charge in [0.15, 0.2) is 6.61 Å². The number of benzene rings is 1. The Morgan fingerprint density at radius 2 is 1.71 bits per heavy atom. The van der Waals surface area contributed by atoms with Crippen molar-refractivity contribution in [2.45, 2.75) is 19.8 Å². The zero-order chi connectivity index (χ0) is 20.5. The Labute approximate surface area is 163 Å². The summed E-state index contributed by atoms with van der Waals surface area (Å²) in [7, 11) is 1.52. The van der Waals surface area contributed by atoms with Gasteiger partial charge in [0.1, 0.15) is 5.75 Å². The second-order valence-corrected chi connectivity index (χ2v) is 6.33. The van der Waals surface area contributed by atoms with Gasteiger partial charge in [0.05, 0.1) is 13.5 Å². The number of ether oxygens (including phenoxy) is 2. The van der Waals surface area contributed by atoms with Crippen molar-refractivity contribution in [3.63, 3.8) is 0 Å². The van der Waals surface area contributed by atoms with Crippen molar-refractivity contribution < 1.29 is 28.7 Å². The van der Waals surface area contributed by atoms with E-state index in [9.17, 15) is 19.2 Å². The third-order valence-electron chi connectivity index (χ3n) is 4.34. The Morgan fingerprint density at radius 3 is 2.36 bits per heavy atom. The number of anilines is 1. The summed E-state index contributed by atoms with van der Waals surface area (Å²) in [6, 6.07) is 6.80. The Hall–Kier alpha value is -3.10. The molecule has 0 saturated carbocycles. The predicted molar refractivity (Wildman–Crippen MR) is 101 cm³/mol. The molecule has 1 aliphatic heterocycles. The fourth-order valence-corrected chi connectivity index (χ4v) is 2.75. The van der Waals surface area contributed by atoms with E-state index in [0.717, 1.165) is 0 Å². The van der Waals surface area contributed by atoms with Crippen LogP contribution < -0.4 is 10.1 Å². The molecule has 1 aliphatic rings. The van der Waals surface area contributed by atoms with Crippen molar-refractivity contribution in [3.8, 4) is 5.75 Å². The zero-order valence-electron chi connectivity index (χ0n) is 16.1. The number of hydrogen-bond acceptors (Lipinski definition) is 6. The molecule has 0 radical (unpaired) electrons. The largest absolute Gasteiger partial charge is 0.497 e. The van der Waals surface area contributed by atoms with Crippen molar-refractivity contribution in [2.24, 2.45) is 0 Å². The molecule has 1 aromatic rings. The van der Waals surface area contributed by atoms with Crippen molar-refractivity contribution in [1.29, 1.82) is 0 Å². The van der Waals surface area contributed by atoms with Crippen LogP contribution in [0.25, 0.3) is 0 Å². The number of nitrogens with one attached hydrogen (secondary N) is 1. The lowest BCUT2D eigenvalue weighted by Crippen LogP contribution is -2.50. The molecule has 2 rings (SSSR count). The maximum atomic E-state index is 12.1. The van der Waals surface area contributed by atoms with Crippen LogP contribution in [0.2, 0.25) is 0 Å². The summed E-state index contributed by atoms with van der Waals surface area (Å²) in [4.78, 5) is 50.4. The fourth-order valence-electron chi connectivity index (χ4n) is 2.75. The second-order valence-electron chi connectivity index (χ2n) is 6.33. The van der Waals surface area contributed by atoms with Crippen LogP contribution in [0.5, 0.6) is 5.75 Å². The van der Waals surface area contributed by atoms with E-state index in [0.29, 0.717) is 37.6 Å². The van der Waals surface area contributed by atoms with Gasteiger partial charge in [-0.05, 0) is 12.1 Å². The highest BCUT2D eigenvalue weighted by Gasteiger charge is 2.22. The van der Waals surface area contributed by atoms with Gasteiger partial charge in [-0.3, -0.25) is 19.2 Å². The molecule has 0 aliphatic carbocycles. The van der Waals surface area contributed by atoms with Gasteiger partial charge in [0.2, 0.25) is 11.8 Å². The third kappa shape index (κ3) is 6.57. The molecule has 152 valence electrons. The SMILES string of the molecule is COc1cccc(NC(=O)COC(=O)CCC(=O)N2CCN(C(C)=O)CC2)c1. The average molecular weight is 391 g/mol. The lowest BCUT2D eigenvalue weighted by Gasteiger charge is -2.34. The molecule has 1 fully saturated rings. The molecule has 0 spiro atoms. The molecule has 9 nitrogen and oxygen atoms in total. The van der Waals surface area contributed by atoms with E-state index in [1.165, 1.54) is 14.0 Å². The van der Waals surface area contributed by atoms with Crippen molar-refractivity contribution in [2.75, 3.05) is 45.2 Å². The fraction of sp³-hybridized carbons (Fsp3) is 0.474.